The standard InChI is InChI=1S/C25H40N4O5S/c1-15(2)13-20(28-22(30)18(26)14-17-9-7-6-8-10-17)24(32)27-19(11-12-35-5)23(31)29-21(16(3)4)25(33)34/h6-10,15-16,18-21H,11-14,26H2,1-5H3,(H,27,32)(H,28,30)(H,29,31)(H,33,34). The van der Waals surface area contributed by atoms with E-state index in [-0.39, 0.29) is 11.8 Å². The van der Waals surface area contributed by atoms with E-state index in [1.165, 1.54) is 11.8 Å². The van der Waals surface area contributed by atoms with E-state index in [1.54, 1.807) is 13.8 Å². The molecule has 0 spiro atoms. The number of hydrogen-bond acceptors (Lipinski definition) is 6. The summed E-state index contributed by atoms with van der Waals surface area (Å²) < 4.78 is 0. The summed E-state index contributed by atoms with van der Waals surface area (Å²) in [5.74, 6) is -2.31. The molecule has 3 amide bonds. The number of rotatable bonds is 15. The van der Waals surface area contributed by atoms with Crippen LogP contribution in [0.5, 0.6) is 0 Å². The zero-order valence-electron chi connectivity index (χ0n) is 21.2. The summed E-state index contributed by atoms with van der Waals surface area (Å²) in [6, 6.07) is 5.64. The molecule has 0 saturated heterocycles. The van der Waals surface area contributed by atoms with Crippen molar-refractivity contribution in [3.8, 4) is 0 Å². The van der Waals surface area contributed by atoms with Gasteiger partial charge in [0.05, 0.1) is 6.04 Å². The van der Waals surface area contributed by atoms with Crippen molar-refractivity contribution in [2.75, 3.05) is 12.0 Å². The third-order valence-corrected chi connectivity index (χ3v) is 6.09. The number of aliphatic carboxylic acids is 1. The van der Waals surface area contributed by atoms with Crippen molar-refractivity contribution in [3.63, 3.8) is 0 Å². The highest BCUT2D eigenvalue weighted by atomic mass is 32.2. The number of benzene rings is 1. The average Bonchev–Trinajstić information content (AvgIpc) is 2.79. The molecule has 4 unspecified atom stereocenters. The maximum atomic E-state index is 13.2. The van der Waals surface area contributed by atoms with Crippen LogP contribution in [0.2, 0.25) is 0 Å². The summed E-state index contributed by atoms with van der Waals surface area (Å²) in [7, 11) is 0. The van der Waals surface area contributed by atoms with Crippen molar-refractivity contribution in [1.29, 1.82) is 0 Å². The molecule has 0 heterocycles. The molecule has 1 aromatic carbocycles. The Bertz CT molecular complexity index is 834. The lowest BCUT2D eigenvalue weighted by Gasteiger charge is -2.26. The van der Waals surface area contributed by atoms with E-state index >= 15 is 0 Å². The van der Waals surface area contributed by atoms with E-state index in [1.807, 2.05) is 50.4 Å². The molecule has 0 radical (unpaired) electrons. The first-order valence-electron chi connectivity index (χ1n) is 11.9. The Labute approximate surface area is 212 Å². The van der Waals surface area contributed by atoms with Gasteiger partial charge in [-0.3, -0.25) is 14.4 Å². The number of carbonyl (C=O) groups is 4. The Morgan fingerprint density at radius 3 is 2.00 bits per heavy atom. The number of thioether (sulfide) groups is 1. The van der Waals surface area contributed by atoms with Gasteiger partial charge in [0.25, 0.3) is 0 Å². The lowest BCUT2D eigenvalue weighted by atomic mass is 10.0. The average molecular weight is 509 g/mol. The smallest absolute Gasteiger partial charge is 0.326 e. The largest absolute Gasteiger partial charge is 0.480 e. The molecule has 1 aromatic rings. The lowest BCUT2D eigenvalue weighted by molar-refractivity contribution is -0.143. The minimum absolute atomic E-state index is 0.0900. The molecule has 9 nitrogen and oxygen atoms in total. The van der Waals surface area contributed by atoms with Crippen LogP contribution in [-0.4, -0.2) is 65.0 Å². The van der Waals surface area contributed by atoms with E-state index in [9.17, 15) is 24.3 Å². The number of carboxylic acid groups (broad SMARTS) is 1. The summed E-state index contributed by atoms with van der Waals surface area (Å²) in [5, 5.41) is 17.4. The van der Waals surface area contributed by atoms with Crippen LogP contribution in [0.25, 0.3) is 0 Å². The van der Waals surface area contributed by atoms with Gasteiger partial charge in [0.15, 0.2) is 0 Å². The lowest BCUT2D eigenvalue weighted by Crippen LogP contribution is -2.58. The topological polar surface area (TPSA) is 151 Å². The molecular weight excluding hydrogens is 468 g/mol. The van der Waals surface area contributed by atoms with Gasteiger partial charge in [0.1, 0.15) is 18.1 Å². The molecule has 0 bridgehead atoms. The fourth-order valence-corrected chi connectivity index (χ4v) is 3.96. The second kappa shape index (κ2) is 15.4. The Kier molecular flexibility index (Phi) is 13.4. The second-order valence-corrected chi connectivity index (χ2v) is 10.4. The SMILES string of the molecule is CSCCC(NC(=O)C(CC(C)C)NC(=O)C(N)Cc1ccccc1)C(=O)NC(C(=O)O)C(C)C. The molecule has 1 rings (SSSR count). The number of nitrogens with one attached hydrogen (secondary N) is 3. The highest BCUT2D eigenvalue weighted by molar-refractivity contribution is 7.98. The van der Waals surface area contributed by atoms with E-state index < -0.39 is 47.9 Å². The molecule has 0 saturated carbocycles. The zero-order valence-corrected chi connectivity index (χ0v) is 22.1. The first kappa shape index (κ1) is 30.4. The molecular formula is C25H40N4O5S. The van der Waals surface area contributed by atoms with Gasteiger partial charge in [-0.15, -0.1) is 0 Å². The van der Waals surface area contributed by atoms with Gasteiger partial charge in [-0.2, -0.15) is 11.8 Å². The van der Waals surface area contributed by atoms with Crippen LogP contribution >= 0.6 is 11.8 Å². The third kappa shape index (κ3) is 11.1. The first-order chi connectivity index (χ1) is 16.5. The Balaban J connectivity index is 2.94. The number of carboxylic acids is 1. The van der Waals surface area contributed by atoms with Gasteiger partial charge >= 0.3 is 5.97 Å². The number of amides is 3. The van der Waals surface area contributed by atoms with Crippen LogP contribution in [0.3, 0.4) is 0 Å². The number of carbonyl (C=O) groups excluding carboxylic acids is 3. The van der Waals surface area contributed by atoms with Gasteiger partial charge in [0, 0.05) is 0 Å². The van der Waals surface area contributed by atoms with Crippen LogP contribution in [0.1, 0.15) is 46.1 Å². The van der Waals surface area contributed by atoms with Crippen molar-refractivity contribution in [1.82, 2.24) is 16.0 Å². The van der Waals surface area contributed by atoms with Gasteiger partial charge < -0.3 is 26.8 Å². The van der Waals surface area contributed by atoms with E-state index in [0.717, 1.165) is 5.56 Å². The minimum Gasteiger partial charge on any atom is -0.480 e. The molecule has 10 heteroatoms. The van der Waals surface area contributed by atoms with Crippen molar-refractivity contribution >= 4 is 35.5 Å². The molecule has 196 valence electrons. The minimum atomic E-state index is -1.14. The summed E-state index contributed by atoms with van der Waals surface area (Å²) in [6.45, 7) is 7.24. The van der Waals surface area contributed by atoms with Crippen LogP contribution < -0.4 is 21.7 Å². The molecule has 35 heavy (non-hydrogen) atoms. The summed E-state index contributed by atoms with van der Waals surface area (Å²) >= 11 is 1.51. The van der Waals surface area contributed by atoms with E-state index in [4.69, 9.17) is 5.73 Å². The zero-order chi connectivity index (χ0) is 26.5. The van der Waals surface area contributed by atoms with Crippen LogP contribution in [0.4, 0.5) is 0 Å². The number of nitrogens with two attached hydrogens (primary N) is 1. The molecule has 0 fully saturated rings. The van der Waals surface area contributed by atoms with Crippen molar-refractivity contribution in [2.45, 2.75) is 71.1 Å². The first-order valence-corrected chi connectivity index (χ1v) is 13.3. The predicted molar refractivity (Wildman–Crippen MR) is 139 cm³/mol. The summed E-state index contributed by atoms with van der Waals surface area (Å²) in [5.41, 5.74) is 7.00. The molecule has 0 aliphatic rings. The Hall–Kier alpha value is -2.59. The van der Waals surface area contributed by atoms with Crippen LogP contribution in [-0.2, 0) is 25.6 Å². The highest BCUT2D eigenvalue weighted by Gasteiger charge is 2.31. The van der Waals surface area contributed by atoms with E-state index in [0.29, 0.717) is 25.0 Å². The van der Waals surface area contributed by atoms with Crippen molar-refractivity contribution in [3.05, 3.63) is 35.9 Å². The van der Waals surface area contributed by atoms with Crippen LogP contribution in [0.15, 0.2) is 30.3 Å². The maximum Gasteiger partial charge on any atom is 0.326 e. The highest BCUT2D eigenvalue weighted by Crippen LogP contribution is 2.10. The number of hydrogen-bond donors (Lipinski definition) is 5. The van der Waals surface area contributed by atoms with E-state index in [2.05, 4.69) is 16.0 Å². The molecule has 0 aromatic heterocycles. The van der Waals surface area contributed by atoms with Gasteiger partial charge in [0.2, 0.25) is 17.7 Å². The normalized spacial score (nSPS) is 14.6. The van der Waals surface area contributed by atoms with Crippen molar-refractivity contribution < 1.29 is 24.3 Å². The Morgan fingerprint density at radius 2 is 1.49 bits per heavy atom. The fourth-order valence-electron chi connectivity index (χ4n) is 3.49. The predicted octanol–water partition coefficient (Wildman–Crippen LogP) is 1.55. The molecule has 4 atom stereocenters. The monoisotopic (exact) mass is 508 g/mol. The summed E-state index contributed by atoms with van der Waals surface area (Å²) in [6.07, 6.45) is 2.88. The van der Waals surface area contributed by atoms with Gasteiger partial charge in [-0.25, -0.2) is 4.79 Å². The summed E-state index contributed by atoms with van der Waals surface area (Å²) in [4.78, 5) is 50.3. The maximum absolute atomic E-state index is 13.2. The Morgan fingerprint density at radius 1 is 0.914 bits per heavy atom. The van der Waals surface area contributed by atoms with Gasteiger partial charge in [-0.1, -0.05) is 58.0 Å². The second-order valence-electron chi connectivity index (χ2n) is 9.40. The van der Waals surface area contributed by atoms with Crippen LogP contribution in [0, 0.1) is 11.8 Å². The van der Waals surface area contributed by atoms with Gasteiger partial charge in [-0.05, 0) is 48.7 Å². The molecule has 0 aliphatic heterocycles. The van der Waals surface area contributed by atoms with Crippen molar-refractivity contribution in [2.24, 2.45) is 17.6 Å². The quantitative estimate of drug-likeness (QED) is 0.241. The molecule has 0 aliphatic carbocycles. The fraction of sp³-hybridized carbons (Fsp3) is 0.600. The third-order valence-electron chi connectivity index (χ3n) is 5.45. The molecule has 6 N–H and O–H groups in total.